The number of nitrogens with one attached hydrogen (secondary N) is 1. The molecule has 0 atom stereocenters. The number of anilines is 2. The predicted octanol–water partition coefficient (Wildman–Crippen LogP) is 1.46. The summed E-state index contributed by atoms with van der Waals surface area (Å²) in [4.78, 5) is 14.5. The Balaban J connectivity index is 1.95. The maximum absolute atomic E-state index is 10.5. The van der Waals surface area contributed by atoms with E-state index in [4.69, 9.17) is 10.8 Å². The van der Waals surface area contributed by atoms with Crippen LogP contribution < -0.4 is 11.1 Å². The Hall–Kier alpha value is -3.16. The number of nitrogen functional groups attached to an aromatic ring is 1. The largest absolute Gasteiger partial charge is 0.465 e. The van der Waals surface area contributed by atoms with Crippen molar-refractivity contribution in [2.24, 2.45) is 0 Å². The van der Waals surface area contributed by atoms with Gasteiger partial charge in [-0.1, -0.05) is 12.1 Å². The Bertz CT molecular complexity index is 780. The van der Waals surface area contributed by atoms with E-state index >= 15 is 0 Å². The van der Waals surface area contributed by atoms with Gasteiger partial charge in [0, 0.05) is 11.3 Å². The third kappa shape index (κ3) is 2.21. The smallest absolute Gasteiger partial charge is 0.409 e. The highest BCUT2D eigenvalue weighted by Crippen LogP contribution is 2.19. The van der Waals surface area contributed by atoms with Crippen molar-refractivity contribution < 1.29 is 9.90 Å². The number of nitrogens with two attached hydrogens (primary N) is 1. The van der Waals surface area contributed by atoms with Crippen LogP contribution in [0, 0.1) is 0 Å². The number of carboxylic acid groups (broad SMARTS) is 1. The first-order valence-electron chi connectivity index (χ1n) is 5.72. The molecule has 100 valence electrons. The topological polar surface area (TPSA) is 118 Å². The molecule has 1 amide bonds. The first kappa shape index (κ1) is 11.9. The van der Waals surface area contributed by atoms with Gasteiger partial charge in [-0.3, -0.25) is 5.32 Å². The van der Waals surface area contributed by atoms with Crippen LogP contribution in [0.3, 0.4) is 0 Å². The van der Waals surface area contributed by atoms with E-state index in [1.54, 1.807) is 36.4 Å². The van der Waals surface area contributed by atoms with Crippen molar-refractivity contribution in [3.8, 4) is 11.3 Å². The van der Waals surface area contributed by atoms with Gasteiger partial charge in [-0.2, -0.15) is 4.98 Å². The molecule has 0 radical (unpaired) electrons. The van der Waals surface area contributed by atoms with E-state index in [0.29, 0.717) is 17.0 Å². The fourth-order valence-corrected chi connectivity index (χ4v) is 1.80. The molecule has 8 nitrogen and oxygen atoms in total. The summed E-state index contributed by atoms with van der Waals surface area (Å²) >= 11 is 0. The normalized spacial score (nSPS) is 10.6. The number of hydrogen-bond acceptors (Lipinski definition) is 5. The lowest BCUT2D eigenvalue weighted by atomic mass is 10.1. The molecule has 8 heteroatoms. The minimum Gasteiger partial charge on any atom is -0.465 e. The maximum atomic E-state index is 10.5. The highest BCUT2D eigenvalue weighted by atomic mass is 16.4. The van der Waals surface area contributed by atoms with E-state index in [0.717, 1.165) is 5.56 Å². The molecule has 2 aromatic heterocycles. The molecule has 1 aromatic carbocycles. The second-order valence-corrected chi connectivity index (χ2v) is 4.04. The Morgan fingerprint density at radius 2 is 1.90 bits per heavy atom. The van der Waals surface area contributed by atoms with Gasteiger partial charge in [-0.05, 0) is 24.3 Å². The molecule has 0 bridgehead atoms. The van der Waals surface area contributed by atoms with E-state index in [9.17, 15) is 4.79 Å². The van der Waals surface area contributed by atoms with E-state index < -0.39 is 6.09 Å². The summed E-state index contributed by atoms with van der Waals surface area (Å²) in [5.74, 6) is 0.163. The van der Waals surface area contributed by atoms with Gasteiger partial charge in [-0.25, -0.2) is 4.79 Å². The van der Waals surface area contributed by atoms with Crippen LogP contribution in [0.1, 0.15) is 0 Å². The van der Waals surface area contributed by atoms with Gasteiger partial charge in [0.2, 0.25) is 5.95 Å². The summed E-state index contributed by atoms with van der Waals surface area (Å²) in [5, 5.41) is 19.1. The number of aromatic nitrogens is 4. The minimum atomic E-state index is -1.10. The molecule has 0 fully saturated rings. The van der Waals surface area contributed by atoms with Crippen molar-refractivity contribution in [3.63, 3.8) is 0 Å². The van der Waals surface area contributed by atoms with Crippen LogP contribution in [0.15, 0.2) is 36.4 Å². The number of nitrogens with zero attached hydrogens (tertiary/aromatic N) is 4. The van der Waals surface area contributed by atoms with Crippen LogP contribution in [0.25, 0.3) is 16.9 Å². The van der Waals surface area contributed by atoms with Crippen LogP contribution in [0.2, 0.25) is 0 Å². The third-order valence-corrected chi connectivity index (χ3v) is 2.66. The second-order valence-electron chi connectivity index (χ2n) is 4.04. The van der Waals surface area contributed by atoms with Crippen molar-refractivity contribution in [3.05, 3.63) is 36.4 Å². The van der Waals surface area contributed by atoms with Crippen LogP contribution in [0.4, 0.5) is 16.4 Å². The number of hydrogen-bond donors (Lipinski definition) is 3. The van der Waals surface area contributed by atoms with Gasteiger partial charge < -0.3 is 10.8 Å². The van der Waals surface area contributed by atoms with Gasteiger partial charge in [0.15, 0.2) is 5.65 Å². The van der Waals surface area contributed by atoms with E-state index in [1.165, 1.54) is 4.63 Å². The molecular weight excluding hydrogens is 260 g/mol. The Labute approximate surface area is 112 Å². The molecule has 20 heavy (non-hydrogen) atoms. The highest BCUT2D eigenvalue weighted by Gasteiger charge is 2.05. The standard InChI is InChI=1S/C12H10N6O2/c13-11-15-10-6-5-9(16-18(10)17-11)7-1-3-8(4-2-7)14-12(19)20/h1-6,14H,(H2,13,17)(H,19,20). The molecule has 0 aliphatic carbocycles. The van der Waals surface area contributed by atoms with Gasteiger partial charge in [-0.15, -0.1) is 14.8 Å². The fourth-order valence-electron chi connectivity index (χ4n) is 1.80. The average Bonchev–Trinajstić information content (AvgIpc) is 2.78. The minimum absolute atomic E-state index is 0.163. The number of fused-ring (bicyclic) bond motifs is 1. The molecular formula is C12H10N6O2. The van der Waals surface area contributed by atoms with Crippen molar-refractivity contribution in [1.29, 1.82) is 0 Å². The quantitative estimate of drug-likeness (QED) is 0.648. The number of amides is 1. The van der Waals surface area contributed by atoms with Crippen molar-refractivity contribution >= 4 is 23.4 Å². The molecule has 0 aliphatic rings. The summed E-state index contributed by atoms with van der Waals surface area (Å²) in [6, 6.07) is 10.4. The van der Waals surface area contributed by atoms with Gasteiger partial charge in [0.05, 0.1) is 5.69 Å². The molecule has 0 unspecified atom stereocenters. The lowest BCUT2D eigenvalue weighted by Gasteiger charge is -2.03. The molecule has 0 spiro atoms. The van der Waals surface area contributed by atoms with Crippen molar-refractivity contribution in [1.82, 2.24) is 19.8 Å². The zero-order valence-corrected chi connectivity index (χ0v) is 10.2. The first-order valence-corrected chi connectivity index (χ1v) is 5.72. The molecule has 0 saturated carbocycles. The molecule has 3 aromatic rings. The summed E-state index contributed by atoms with van der Waals surface area (Å²) in [7, 11) is 0. The van der Waals surface area contributed by atoms with Crippen LogP contribution >= 0.6 is 0 Å². The van der Waals surface area contributed by atoms with E-state index in [-0.39, 0.29) is 5.95 Å². The average molecular weight is 270 g/mol. The van der Waals surface area contributed by atoms with E-state index in [1.807, 2.05) is 0 Å². The molecule has 0 saturated heterocycles. The van der Waals surface area contributed by atoms with Gasteiger partial charge in [0.25, 0.3) is 0 Å². The fraction of sp³-hybridized carbons (Fsp3) is 0. The zero-order chi connectivity index (χ0) is 14.1. The summed E-state index contributed by atoms with van der Waals surface area (Å²) in [6.45, 7) is 0. The highest BCUT2D eigenvalue weighted by molar-refractivity contribution is 5.83. The zero-order valence-electron chi connectivity index (χ0n) is 10.2. The van der Waals surface area contributed by atoms with Gasteiger partial charge >= 0.3 is 6.09 Å². The monoisotopic (exact) mass is 270 g/mol. The lowest BCUT2D eigenvalue weighted by Crippen LogP contribution is -2.06. The summed E-state index contributed by atoms with van der Waals surface area (Å²) in [6.07, 6.45) is -1.10. The molecule has 3 rings (SSSR count). The van der Waals surface area contributed by atoms with Crippen molar-refractivity contribution in [2.75, 3.05) is 11.1 Å². The number of benzene rings is 1. The number of carbonyl (C=O) groups is 1. The Morgan fingerprint density at radius 3 is 2.60 bits per heavy atom. The maximum Gasteiger partial charge on any atom is 0.409 e. The molecule has 2 heterocycles. The third-order valence-electron chi connectivity index (χ3n) is 2.66. The van der Waals surface area contributed by atoms with Crippen LogP contribution in [-0.2, 0) is 0 Å². The van der Waals surface area contributed by atoms with Gasteiger partial charge in [0.1, 0.15) is 0 Å². The lowest BCUT2D eigenvalue weighted by molar-refractivity contribution is 0.210. The first-order chi connectivity index (χ1) is 9.61. The summed E-state index contributed by atoms with van der Waals surface area (Å²) < 4.78 is 1.36. The SMILES string of the molecule is Nc1nc2ccc(-c3ccc(NC(=O)O)cc3)nn2n1. The Morgan fingerprint density at radius 1 is 1.15 bits per heavy atom. The second kappa shape index (κ2) is 4.50. The predicted molar refractivity (Wildman–Crippen MR) is 72.3 cm³/mol. The number of rotatable bonds is 2. The molecule has 0 aliphatic heterocycles. The van der Waals surface area contributed by atoms with Crippen LogP contribution in [0.5, 0.6) is 0 Å². The Kier molecular flexibility index (Phi) is 2.68. The molecule has 4 N–H and O–H groups in total. The van der Waals surface area contributed by atoms with Crippen molar-refractivity contribution in [2.45, 2.75) is 0 Å². The summed E-state index contributed by atoms with van der Waals surface area (Å²) in [5.41, 5.74) is 8.07. The van der Waals surface area contributed by atoms with Crippen LogP contribution in [-0.4, -0.2) is 31.0 Å². The van der Waals surface area contributed by atoms with E-state index in [2.05, 4.69) is 20.5 Å².